The lowest BCUT2D eigenvalue weighted by Gasteiger charge is -2.15. The van der Waals surface area contributed by atoms with Gasteiger partial charge in [-0.25, -0.2) is 0 Å². The van der Waals surface area contributed by atoms with Crippen molar-refractivity contribution in [3.8, 4) is 5.75 Å². The third-order valence-corrected chi connectivity index (χ3v) is 3.37. The number of carbonyl (C=O) groups is 2. The van der Waals surface area contributed by atoms with Crippen molar-refractivity contribution in [2.75, 3.05) is 0 Å². The Morgan fingerprint density at radius 3 is 2.35 bits per heavy atom. The smallest absolute Gasteiger partial charge is 0.172 e. The number of Topliss-reactive ketones (excluding diaryl/α,β-unsaturated/α-hetero) is 2. The van der Waals surface area contributed by atoms with E-state index in [0.29, 0.717) is 17.7 Å². The molecule has 3 heteroatoms. The molecule has 0 saturated heterocycles. The molecule has 0 fully saturated rings. The van der Waals surface area contributed by atoms with E-state index >= 15 is 0 Å². The summed E-state index contributed by atoms with van der Waals surface area (Å²) in [6, 6.07) is 11.1. The molecular weight excluding hydrogens is 252 g/mol. The van der Waals surface area contributed by atoms with E-state index in [4.69, 9.17) is 4.74 Å². The highest BCUT2D eigenvalue weighted by molar-refractivity contribution is 6.08. The highest BCUT2D eigenvalue weighted by Gasteiger charge is 2.15. The van der Waals surface area contributed by atoms with E-state index in [-0.39, 0.29) is 11.6 Å². The molecule has 0 radical (unpaired) electrons. The number of fused-ring (bicyclic) bond motifs is 1. The van der Waals surface area contributed by atoms with Gasteiger partial charge in [0.25, 0.3) is 0 Å². The van der Waals surface area contributed by atoms with Crippen LogP contribution in [0, 0.1) is 0 Å². The molecule has 0 aliphatic carbocycles. The summed E-state index contributed by atoms with van der Waals surface area (Å²) in [7, 11) is 0. The van der Waals surface area contributed by atoms with Gasteiger partial charge in [-0.05, 0) is 31.4 Å². The second-order valence-corrected chi connectivity index (χ2v) is 4.79. The Morgan fingerprint density at radius 2 is 1.75 bits per heavy atom. The minimum absolute atomic E-state index is 0.0189. The highest BCUT2D eigenvalue weighted by atomic mass is 16.5. The second-order valence-electron chi connectivity index (χ2n) is 4.79. The van der Waals surface area contributed by atoms with Crippen LogP contribution in [0.5, 0.6) is 5.75 Å². The minimum Gasteiger partial charge on any atom is -0.482 e. The molecule has 104 valence electrons. The molecule has 1 atom stereocenters. The van der Waals surface area contributed by atoms with Crippen LogP contribution in [0.1, 0.15) is 37.6 Å². The van der Waals surface area contributed by atoms with Gasteiger partial charge in [-0.2, -0.15) is 0 Å². The Bertz CT molecular complexity index is 658. The normalized spacial score (nSPS) is 12.2. The third-order valence-electron chi connectivity index (χ3n) is 3.37. The van der Waals surface area contributed by atoms with Gasteiger partial charge in [0.15, 0.2) is 17.7 Å². The largest absolute Gasteiger partial charge is 0.482 e. The number of hydrogen-bond donors (Lipinski definition) is 0. The van der Waals surface area contributed by atoms with Gasteiger partial charge in [-0.15, -0.1) is 0 Å². The first-order valence-electron chi connectivity index (χ1n) is 6.76. The molecule has 0 amide bonds. The molecule has 0 aliphatic heterocycles. The summed E-state index contributed by atoms with van der Waals surface area (Å²) in [6.07, 6.45) is -0.0310. The van der Waals surface area contributed by atoms with Gasteiger partial charge in [0, 0.05) is 17.4 Å². The van der Waals surface area contributed by atoms with Crippen LogP contribution >= 0.6 is 0 Å². The van der Waals surface area contributed by atoms with Gasteiger partial charge in [0.05, 0.1) is 0 Å². The Morgan fingerprint density at radius 1 is 1.10 bits per heavy atom. The number of rotatable bonds is 5. The molecule has 0 aromatic heterocycles. The van der Waals surface area contributed by atoms with Crippen molar-refractivity contribution in [1.29, 1.82) is 0 Å². The summed E-state index contributed by atoms with van der Waals surface area (Å²) >= 11 is 0. The van der Waals surface area contributed by atoms with Crippen LogP contribution in [0.3, 0.4) is 0 Å². The summed E-state index contributed by atoms with van der Waals surface area (Å²) in [5.74, 6) is 0.718. The van der Waals surface area contributed by atoms with E-state index in [1.807, 2.05) is 31.2 Å². The van der Waals surface area contributed by atoms with Crippen molar-refractivity contribution in [2.45, 2.75) is 33.3 Å². The summed E-state index contributed by atoms with van der Waals surface area (Å²) in [6.45, 7) is 5.12. The SMILES string of the molecule is CCC(=O)[C@@H](C)Oc1ccc(C(C)=O)c2ccccc12. The van der Waals surface area contributed by atoms with E-state index in [9.17, 15) is 9.59 Å². The maximum absolute atomic E-state index is 11.7. The summed E-state index contributed by atoms with van der Waals surface area (Å²) in [4.78, 5) is 23.3. The maximum Gasteiger partial charge on any atom is 0.172 e. The lowest BCUT2D eigenvalue weighted by molar-refractivity contribution is -0.124. The quantitative estimate of drug-likeness (QED) is 0.776. The monoisotopic (exact) mass is 270 g/mol. The standard InChI is InChI=1S/C17H18O3/c1-4-16(19)12(3)20-17-10-9-13(11(2)18)14-7-5-6-8-15(14)17/h5-10,12H,4H2,1-3H3/t12-/m1/s1. The zero-order valence-electron chi connectivity index (χ0n) is 12.0. The average molecular weight is 270 g/mol. The van der Waals surface area contributed by atoms with Gasteiger partial charge < -0.3 is 4.74 Å². The van der Waals surface area contributed by atoms with E-state index in [2.05, 4.69) is 0 Å². The molecule has 3 nitrogen and oxygen atoms in total. The van der Waals surface area contributed by atoms with Crippen LogP contribution in [0.25, 0.3) is 10.8 Å². The van der Waals surface area contributed by atoms with Gasteiger partial charge >= 0.3 is 0 Å². The number of benzene rings is 2. The zero-order valence-corrected chi connectivity index (χ0v) is 12.0. The van der Waals surface area contributed by atoms with Gasteiger partial charge in [0.1, 0.15) is 5.75 Å². The molecule has 2 rings (SSSR count). The first-order chi connectivity index (χ1) is 9.54. The van der Waals surface area contributed by atoms with Crippen molar-refractivity contribution in [2.24, 2.45) is 0 Å². The number of carbonyl (C=O) groups excluding carboxylic acids is 2. The van der Waals surface area contributed by atoms with Crippen molar-refractivity contribution in [3.05, 3.63) is 42.0 Å². The Labute approximate surface area is 118 Å². The van der Waals surface area contributed by atoms with Gasteiger partial charge in [0.2, 0.25) is 0 Å². The summed E-state index contributed by atoms with van der Waals surface area (Å²) in [5, 5.41) is 1.71. The van der Waals surface area contributed by atoms with Crippen LogP contribution < -0.4 is 4.74 Å². The van der Waals surface area contributed by atoms with Gasteiger partial charge in [-0.3, -0.25) is 9.59 Å². The maximum atomic E-state index is 11.7. The van der Waals surface area contributed by atoms with Crippen molar-refractivity contribution >= 4 is 22.3 Å². The predicted octanol–water partition coefficient (Wildman–Crippen LogP) is 3.79. The predicted molar refractivity (Wildman–Crippen MR) is 79.3 cm³/mol. The fourth-order valence-corrected chi connectivity index (χ4v) is 2.22. The van der Waals surface area contributed by atoms with Crippen molar-refractivity contribution in [3.63, 3.8) is 0 Å². The molecule has 2 aromatic carbocycles. The lowest BCUT2D eigenvalue weighted by Crippen LogP contribution is -2.22. The van der Waals surface area contributed by atoms with Crippen LogP contribution in [0.4, 0.5) is 0 Å². The van der Waals surface area contributed by atoms with E-state index in [1.54, 1.807) is 26.0 Å². The molecule has 0 N–H and O–H groups in total. The molecule has 0 aliphatic rings. The molecule has 20 heavy (non-hydrogen) atoms. The molecule has 0 bridgehead atoms. The minimum atomic E-state index is -0.480. The fraction of sp³-hybridized carbons (Fsp3) is 0.294. The first-order valence-corrected chi connectivity index (χ1v) is 6.76. The van der Waals surface area contributed by atoms with E-state index < -0.39 is 6.10 Å². The topological polar surface area (TPSA) is 43.4 Å². The highest BCUT2D eigenvalue weighted by Crippen LogP contribution is 2.29. The fourth-order valence-electron chi connectivity index (χ4n) is 2.22. The summed E-state index contributed by atoms with van der Waals surface area (Å²) in [5.41, 5.74) is 0.669. The second kappa shape index (κ2) is 5.87. The van der Waals surface area contributed by atoms with Crippen molar-refractivity contribution in [1.82, 2.24) is 0 Å². The Balaban J connectivity index is 2.48. The zero-order chi connectivity index (χ0) is 14.7. The van der Waals surface area contributed by atoms with Crippen LogP contribution in [0.15, 0.2) is 36.4 Å². The number of ether oxygens (including phenoxy) is 1. The molecule has 0 heterocycles. The van der Waals surface area contributed by atoms with E-state index in [1.165, 1.54) is 0 Å². The molecule has 0 unspecified atom stereocenters. The van der Waals surface area contributed by atoms with Crippen LogP contribution in [-0.4, -0.2) is 17.7 Å². The number of ketones is 2. The van der Waals surface area contributed by atoms with Gasteiger partial charge in [-0.1, -0.05) is 31.2 Å². The summed E-state index contributed by atoms with van der Waals surface area (Å²) < 4.78 is 5.75. The molecule has 0 saturated carbocycles. The van der Waals surface area contributed by atoms with Crippen LogP contribution in [0.2, 0.25) is 0 Å². The molecule has 0 spiro atoms. The number of hydrogen-bond acceptors (Lipinski definition) is 3. The van der Waals surface area contributed by atoms with Crippen molar-refractivity contribution < 1.29 is 14.3 Å². The Kier molecular flexibility index (Phi) is 4.18. The van der Waals surface area contributed by atoms with E-state index in [0.717, 1.165) is 10.8 Å². The third kappa shape index (κ3) is 2.72. The Hall–Kier alpha value is -2.16. The average Bonchev–Trinajstić information content (AvgIpc) is 2.46. The first kappa shape index (κ1) is 14.3. The molecular formula is C17H18O3. The molecule has 2 aromatic rings. The van der Waals surface area contributed by atoms with Crippen LogP contribution in [-0.2, 0) is 4.79 Å². The lowest BCUT2D eigenvalue weighted by atomic mass is 10.0.